The lowest BCUT2D eigenvalue weighted by atomic mass is 9.99. The van der Waals surface area contributed by atoms with Crippen molar-refractivity contribution in [3.63, 3.8) is 0 Å². The van der Waals surface area contributed by atoms with Gasteiger partial charge in [0.25, 0.3) is 0 Å². The minimum absolute atomic E-state index is 0.101. The van der Waals surface area contributed by atoms with Gasteiger partial charge in [0.15, 0.2) is 6.29 Å². The van der Waals surface area contributed by atoms with Gasteiger partial charge in [0.05, 0.1) is 19.8 Å². The summed E-state index contributed by atoms with van der Waals surface area (Å²) < 4.78 is 22.7. The molecule has 1 fully saturated rings. The topological polar surface area (TPSA) is 135 Å². The Morgan fingerprint density at radius 2 is 1.00 bits per heavy atom. The van der Waals surface area contributed by atoms with Gasteiger partial charge < -0.3 is 39.4 Å². The Balaban J connectivity index is 2.35. The number of carbonyl (C=O) groups is 1. The molecule has 0 bridgehead atoms. The van der Waals surface area contributed by atoms with Crippen LogP contribution in [0.15, 0.2) is 109 Å². The number of allylic oxidation sites excluding steroid dienone is 18. The van der Waals surface area contributed by atoms with Crippen LogP contribution in [0.3, 0.4) is 0 Å². The van der Waals surface area contributed by atoms with Crippen LogP contribution < -0.4 is 0 Å². The maximum Gasteiger partial charge on any atom is 0.306 e. The molecule has 6 unspecified atom stereocenters. The van der Waals surface area contributed by atoms with E-state index in [1.165, 1.54) is 0 Å². The van der Waals surface area contributed by atoms with Crippen molar-refractivity contribution in [3.8, 4) is 0 Å². The standard InChI is InChI=1S/C49H78O9/c1-3-5-7-9-11-13-15-17-19-21-22-23-24-26-28-30-32-34-36-38-45(51)57-43(42-56-49-48(54)47(53)46(52)44(40-50)58-49)41-55-39-37-35-33-31-29-27-25-20-18-16-14-12-10-8-6-4-2/h5-8,11-14,17-20,22-23,26-29,43-44,46-50,52-54H,3-4,9-10,15-16,21,24-25,30-42H2,1-2H3/b7-5-,8-6-,13-11-,14-12-,19-17-,20-18-,23-22-,28-26-,29-27-. The summed E-state index contributed by atoms with van der Waals surface area (Å²) >= 11 is 0. The Bertz CT molecular complexity index is 1240. The van der Waals surface area contributed by atoms with Crippen LogP contribution in [0.5, 0.6) is 0 Å². The molecule has 0 saturated carbocycles. The summed E-state index contributed by atoms with van der Waals surface area (Å²) in [5, 5.41) is 40.1. The molecule has 1 aliphatic rings. The molecular formula is C49H78O9. The Kier molecular flexibility index (Phi) is 35.8. The third-order valence-electron chi connectivity index (χ3n) is 9.18. The summed E-state index contributed by atoms with van der Waals surface area (Å²) in [6, 6.07) is 0. The zero-order valence-electron chi connectivity index (χ0n) is 35.7. The minimum Gasteiger partial charge on any atom is -0.457 e. The van der Waals surface area contributed by atoms with Gasteiger partial charge in [-0.05, 0) is 96.3 Å². The highest BCUT2D eigenvalue weighted by molar-refractivity contribution is 5.69. The van der Waals surface area contributed by atoms with Crippen LogP contribution in [0, 0.1) is 0 Å². The molecule has 1 heterocycles. The van der Waals surface area contributed by atoms with Crippen LogP contribution in [0.1, 0.15) is 129 Å². The van der Waals surface area contributed by atoms with Crippen LogP contribution in [0.25, 0.3) is 0 Å². The largest absolute Gasteiger partial charge is 0.457 e. The summed E-state index contributed by atoms with van der Waals surface area (Å²) in [7, 11) is 0. The first-order valence-electron chi connectivity index (χ1n) is 22.0. The second-order valence-electron chi connectivity index (χ2n) is 14.4. The molecule has 0 amide bonds. The van der Waals surface area contributed by atoms with E-state index in [0.29, 0.717) is 13.0 Å². The number of hydrogen-bond acceptors (Lipinski definition) is 9. The van der Waals surface area contributed by atoms with E-state index in [2.05, 4.69) is 123 Å². The molecule has 0 aromatic rings. The quantitative estimate of drug-likeness (QED) is 0.0280. The third-order valence-corrected chi connectivity index (χ3v) is 9.18. The predicted octanol–water partition coefficient (Wildman–Crippen LogP) is 9.80. The molecule has 0 aliphatic carbocycles. The fraction of sp³-hybridized carbons (Fsp3) is 0.612. The average Bonchev–Trinajstić information content (AvgIpc) is 3.22. The van der Waals surface area contributed by atoms with Crippen molar-refractivity contribution < 1.29 is 44.2 Å². The molecule has 0 aromatic heterocycles. The lowest BCUT2D eigenvalue weighted by molar-refractivity contribution is -0.305. The van der Waals surface area contributed by atoms with Gasteiger partial charge in [-0.15, -0.1) is 0 Å². The number of unbranched alkanes of at least 4 members (excludes halogenated alkanes) is 6. The predicted molar refractivity (Wildman–Crippen MR) is 237 cm³/mol. The number of esters is 1. The third kappa shape index (κ3) is 30.0. The average molecular weight is 811 g/mol. The van der Waals surface area contributed by atoms with Crippen LogP contribution in [0.2, 0.25) is 0 Å². The van der Waals surface area contributed by atoms with E-state index in [0.717, 1.165) is 103 Å². The van der Waals surface area contributed by atoms with Gasteiger partial charge in [0.2, 0.25) is 0 Å². The molecule has 0 aromatic carbocycles. The molecule has 4 N–H and O–H groups in total. The molecule has 9 nitrogen and oxygen atoms in total. The number of ether oxygens (including phenoxy) is 4. The zero-order chi connectivity index (χ0) is 42.2. The Labute approximate surface area is 351 Å². The molecule has 0 radical (unpaired) electrons. The van der Waals surface area contributed by atoms with Crippen molar-refractivity contribution in [2.45, 2.75) is 166 Å². The number of carbonyl (C=O) groups excluding carboxylic acids is 1. The maximum absolute atomic E-state index is 12.8. The van der Waals surface area contributed by atoms with Gasteiger partial charge in [-0.1, -0.05) is 136 Å². The van der Waals surface area contributed by atoms with Crippen LogP contribution in [-0.4, -0.2) is 89.6 Å². The van der Waals surface area contributed by atoms with Gasteiger partial charge in [0, 0.05) is 13.0 Å². The smallest absolute Gasteiger partial charge is 0.306 e. The number of hydrogen-bond donors (Lipinski definition) is 4. The molecule has 0 spiro atoms. The molecule has 9 heteroatoms. The highest BCUT2D eigenvalue weighted by Gasteiger charge is 2.44. The Morgan fingerprint density at radius 3 is 1.47 bits per heavy atom. The van der Waals surface area contributed by atoms with Crippen molar-refractivity contribution in [2.75, 3.05) is 26.4 Å². The second-order valence-corrected chi connectivity index (χ2v) is 14.4. The number of aliphatic hydroxyl groups is 4. The summed E-state index contributed by atoms with van der Waals surface area (Å²) in [5.74, 6) is -0.362. The molecular weight excluding hydrogens is 733 g/mol. The molecule has 1 aliphatic heterocycles. The van der Waals surface area contributed by atoms with E-state index < -0.39 is 43.4 Å². The molecule has 328 valence electrons. The van der Waals surface area contributed by atoms with E-state index in [1.54, 1.807) is 0 Å². The van der Waals surface area contributed by atoms with Crippen LogP contribution >= 0.6 is 0 Å². The lowest BCUT2D eigenvalue weighted by Crippen LogP contribution is -2.59. The van der Waals surface area contributed by atoms with Gasteiger partial charge in [-0.25, -0.2) is 0 Å². The van der Waals surface area contributed by atoms with Crippen molar-refractivity contribution in [3.05, 3.63) is 109 Å². The van der Waals surface area contributed by atoms with Gasteiger partial charge in [0.1, 0.15) is 30.5 Å². The van der Waals surface area contributed by atoms with Crippen LogP contribution in [0.4, 0.5) is 0 Å². The van der Waals surface area contributed by atoms with E-state index >= 15 is 0 Å². The first-order chi connectivity index (χ1) is 28.4. The SMILES string of the molecule is CC/C=C\C/C=C\C/C=C\C/C=C\C/C=C\CCCCCC(=O)OC(COCCCCC/C=C\C/C=C\C/C=C\C/C=C\CC)COC1OC(CO)C(O)C(O)C1O. The molecule has 1 saturated heterocycles. The highest BCUT2D eigenvalue weighted by Crippen LogP contribution is 2.22. The van der Waals surface area contributed by atoms with Gasteiger partial charge in [-0.2, -0.15) is 0 Å². The van der Waals surface area contributed by atoms with E-state index in [-0.39, 0.29) is 25.6 Å². The number of rotatable bonds is 35. The van der Waals surface area contributed by atoms with Gasteiger partial charge >= 0.3 is 5.97 Å². The van der Waals surface area contributed by atoms with Gasteiger partial charge in [-0.3, -0.25) is 4.79 Å². The fourth-order valence-corrected chi connectivity index (χ4v) is 5.80. The van der Waals surface area contributed by atoms with E-state index in [9.17, 15) is 25.2 Å². The van der Waals surface area contributed by atoms with E-state index in [4.69, 9.17) is 18.9 Å². The Morgan fingerprint density at radius 1 is 0.552 bits per heavy atom. The Hall–Kier alpha value is -3.15. The van der Waals surface area contributed by atoms with Crippen molar-refractivity contribution in [1.29, 1.82) is 0 Å². The minimum atomic E-state index is -1.56. The molecule has 6 atom stereocenters. The second kappa shape index (κ2) is 39.3. The fourth-order valence-electron chi connectivity index (χ4n) is 5.80. The normalized spacial score (nSPS) is 21.4. The lowest BCUT2D eigenvalue weighted by Gasteiger charge is -2.39. The highest BCUT2D eigenvalue weighted by atomic mass is 16.7. The van der Waals surface area contributed by atoms with Crippen molar-refractivity contribution in [2.24, 2.45) is 0 Å². The monoisotopic (exact) mass is 811 g/mol. The van der Waals surface area contributed by atoms with Crippen LogP contribution in [-0.2, 0) is 23.7 Å². The summed E-state index contributed by atoms with van der Waals surface area (Å²) in [4.78, 5) is 12.8. The maximum atomic E-state index is 12.8. The summed E-state index contributed by atoms with van der Waals surface area (Å²) in [6.07, 6.45) is 48.3. The first-order valence-corrected chi connectivity index (χ1v) is 22.0. The van der Waals surface area contributed by atoms with E-state index in [1.807, 2.05) is 0 Å². The molecule has 58 heavy (non-hydrogen) atoms. The number of aliphatic hydroxyl groups excluding tert-OH is 4. The molecule has 1 rings (SSSR count). The van der Waals surface area contributed by atoms with Crippen molar-refractivity contribution >= 4 is 5.97 Å². The zero-order valence-corrected chi connectivity index (χ0v) is 35.7. The van der Waals surface area contributed by atoms with Crippen molar-refractivity contribution in [1.82, 2.24) is 0 Å². The summed E-state index contributed by atoms with van der Waals surface area (Å²) in [6.45, 7) is 4.17. The summed E-state index contributed by atoms with van der Waals surface area (Å²) in [5.41, 5.74) is 0. The first kappa shape index (κ1) is 52.9.